The summed E-state index contributed by atoms with van der Waals surface area (Å²) in [5, 5.41) is 16.9. The molecule has 0 radical (unpaired) electrons. The number of aromatic carboxylic acids is 1. The van der Waals surface area contributed by atoms with Gasteiger partial charge in [-0.25, -0.2) is 14.2 Å². The van der Waals surface area contributed by atoms with E-state index in [1.807, 2.05) is 0 Å². The first-order valence-corrected chi connectivity index (χ1v) is 3.21. The van der Waals surface area contributed by atoms with Crippen molar-refractivity contribution in [2.45, 2.75) is 0 Å². The van der Waals surface area contributed by atoms with Crippen LogP contribution in [-0.2, 0) is 0 Å². The van der Waals surface area contributed by atoms with Crippen LogP contribution in [0.25, 0.3) is 0 Å². The van der Waals surface area contributed by atoms with Crippen molar-refractivity contribution in [1.29, 1.82) is 0 Å². The molecule has 0 aliphatic heterocycles. The smallest absolute Gasteiger partial charge is 0.418 e. The third-order valence-electron chi connectivity index (χ3n) is 1.36. The van der Waals surface area contributed by atoms with Crippen molar-refractivity contribution in [1.82, 2.24) is 4.57 Å². The molecule has 1 aromatic rings. The highest BCUT2D eigenvalue weighted by molar-refractivity contribution is 5.87. The van der Waals surface area contributed by atoms with Crippen LogP contribution in [0.4, 0.5) is 4.79 Å². The molecule has 0 spiro atoms. The quantitative estimate of drug-likeness (QED) is 0.642. The minimum atomic E-state index is -1.51. The van der Waals surface area contributed by atoms with Crippen LogP contribution >= 0.6 is 0 Å². The Morgan fingerprint density at radius 3 is 2.31 bits per heavy atom. The van der Waals surface area contributed by atoms with Crippen molar-refractivity contribution < 1.29 is 19.8 Å². The maximum atomic E-state index is 10.8. The van der Waals surface area contributed by atoms with E-state index in [0.29, 0.717) is 4.57 Å². The third kappa shape index (κ3) is 1.73. The van der Waals surface area contributed by atoms with Crippen LogP contribution in [-0.4, -0.2) is 26.8 Å². The van der Waals surface area contributed by atoms with Crippen LogP contribution in [0.1, 0.15) is 10.4 Å². The molecular formula is C7H5NO5. The fourth-order valence-electron chi connectivity index (χ4n) is 0.763. The summed E-state index contributed by atoms with van der Waals surface area (Å²) >= 11 is 0. The normalized spacial score (nSPS) is 9.54. The molecule has 1 heterocycles. The molecule has 2 N–H and O–H groups in total. The average Bonchev–Trinajstić information content (AvgIpc) is 2.04. The van der Waals surface area contributed by atoms with Gasteiger partial charge in [0.25, 0.3) is 5.56 Å². The second-order valence-corrected chi connectivity index (χ2v) is 2.21. The van der Waals surface area contributed by atoms with Crippen molar-refractivity contribution in [3.05, 3.63) is 34.2 Å². The van der Waals surface area contributed by atoms with Crippen molar-refractivity contribution in [3.8, 4) is 0 Å². The molecule has 1 rings (SSSR count). The Morgan fingerprint density at radius 1 is 1.23 bits per heavy atom. The standard InChI is InChI=1S/C7H5NO5/c9-5-2-1-4(6(10)11)3-8(5)7(12)13/h1-3H,(H,10,11)(H,12,13). The van der Waals surface area contributed by atoms with E-state index in [2.05, 4.69) is 0 Å². The Kier molecular flexibility index (Phi) is 2.14. The lowest BCUT2D eigenvalue weighted by molar-refractivity contribution is 0.0696. The van der Waals surface area contributed by atoms with E-state index in [4.69, 9.17) is 10.2 Å². The molecule has 6 heteroatoms. The Hall–Kier alpha value is -2.11. The summed E-state index contributed by atoms with van der Waals surface area (Å²) in [6, 6.07) is 1.93. The van der Waals surface area contributed by atoms with Crippen molar-refractivity contribution in [3.63, 3.8) is 0 Å². The Bertz CT molecular complexity index is 419. The molecule has 6 nitrogen and oxygen atoms in total. The summed E-state index contributed by atoms with van der Waals surface area (Å²) in [5.74, 6) is -1.28. The number of hydrogen-bond donors (Lipinski definition) is 2. The first kappa shape index (κ1) is 8.98. The predicted octanol–water partition coefficient (Wildman–Crippen LogP) is 0.0726. The Balaban J connectivity index is 3.35. The van der Waals surface area contributed by atoms with Gasteiger partial charge in [0.1, 0.15) is 0 Å². The number of pyridine rings is 1. The highest BCUT2D eigenvalue weighted by Crippen LogP contribution is 1.94. The van der Waals surface area contributed by atoms with Gasteiger partial charge < -0.3 is 10.2 Å². The summed E-state index contributed by atoms with van der Waals surface area (Å²) in [6.45, 7) is 0. The molecule has 1 aromatic heterocycles. The Morgan fingerprint density at radius 2 is 1.85 bits per heavy atom. The van der Waals surface area contributed by atoms with Crippen LogP contribution in [0, 0.1) is 0 Å². The van der Waals surface area contributed by atoms with Gasteiger partial charge in [0.05, 0.1) is 5.56 Å². The van der Waals surface area contributed by atoms with E-state index in [1.165, 1.54) is 0 Å². The number of nitrogens with zero attached hydrogens (tertiary/aromatic N) is 1. The van der Waals surface area contributed by atoms with Gasteiger partial charge in [-0.3, -0.25) is 4.79 Å². The fraction of sp³-hybridized carbons (Fsp3) is 0. The third-order valence-corrected chi connectivity index (χ3v) is 1.36. The van der Waals surface area contributed by atoms with Crippen LogP contribution in [0.3, 0.4) is 0 Å². The van der Waals surface area contributed by atoms with Gasteiger partial charge >= 0.3 is 12.1 Å². The highest BCUT2D eigenvalue weighted by atomic mass is 16.4. The molecule has 0 bridgehead atoms. The molecule has 0 atom stereocenters. The number of carboxylic acids is 1. The Labute approximate surface area is 71.7 Å². The second-order valence-electron chi connectivity index (χ2n) is 2.21. The second kappa shape index (κ2) is 3.10. The summed E-state index contributed by atoms with van der Waals surface area (Å²) in [4.78, 5) is 31.6. The zero-order valence-electron chi connectivity index (χ0n) is 6.30. The lowest BCUT2D eigenvalue weighted by Gasteiger charge is -1.98. The van der Waals surface area contributed by atoms with Crippen LogP contribution in [0.15, 0.2) is 23.1 Å². The van der Waals surface area contributed by atoms with Crippen LogP contribution in [0.2, 0.25) is 0 Å². The molecule has 0 aliphatic rings. The van der Waals surface area contributed by atoms with Gasteiger partial charge in [-0.2, -0.15) is 0 Å². The number of carbonyl (C=O) groups is 2. The molecule has 0 unspecified atom stereocenters. The number of hydrogen-bond acceptors (Lipinski definition) is 3. The van der Waals surface area contributed by atoms with Gasteiger partial charge in [0, 0.05) is 12.3 Å². The predicted molar refractivity (Wildman–Crippen MR) is 41.1 cm³/mol. The van der Waals surface area contributed by atoms with E-state index < -0.39 is 17.6 Å². The lowest BCUT2D eigenvalue weighted by Crippen LogP contribution is -2.25. The monoisotopic (exact) mass is 183 g/mol. The largest absolute Gasteiger partial charge is 0.478 e. The molecule has 0 saturated carbocycles. The average molecular weight is 183 g/mol. The molecule has 0 saturated heterocycles. The zero-order chi connectivity index (χ0) is 10.0. The summed E-state index contributed by atoms with van der Waals surface area (Å²) < 4.78 is 0.309. The minimum Gasteiger partial charge on any atom is -0.478 e. The zero-order valence-corrected chi connectivity index (χ0v) is 6.30. The molecule has 0 fully saturated rings. The first-order chi connectivity index (χ1) is 6.02. The van der Waals surface area contributed by atoms with Gasteiger partial charge in [0.2, 0.25) is 0 Å². The molecule has 68 valence electrons. The van der Waals surface area contributed by atoms with E-state index in [-0.39, 0.29) is 5.56 Å². The summed E-state index contributed by atoms with van der Waals surface area (Å²) in [7, 11) is 0. The fourth-order valence-corrected chi connectivity index (χ4v) is 0.763. The number of aromatic nitrogens is 1. The molecular weight excluding hydrogens is 178 g/mol. The first-order valence-electron chi connectivity index (χ1n) is 3.21. The van der Waals surface area contributed by atoms with Gasteiger partial charge in [-0.15, -0.1) is 0 Å². The minimum absolute atomic E-state index is 0.248. The van der Waals surface area contributed by atoms with Gasteiger partial charge in [-0.05, 0) is 6.07 Å². The van der Waals surface area contributed by atoms with Crippen molar-refractivity contribution >= 4 is 12.1 Å². The number of rotatable bonds is 1. The lowest BCUT2D eigenvalue weighted by atomic mass is 10.3. The number of carboxylic acid groups (broad SMARTS) is 2. The summed E-state index contributed by atoms with van der Waals surface area (Å²) in [5.41, 5.74) is -1.03. The van der Waals surface area contributed by atoms with Crippen LogP contribution in [0.5, 0.6) is 0 Å². The molecule has 0 aromatic carbocycles. The van der Waals surface area contributed by atoms with E-state index in [1.54, 1.807) is 0 Å². The molecule has 0 aliphatic carbocycles. The highest BCUT2D eigenvalue weighted by Gasteiger charge is 2.08. The van der Waals surface area contributed by atoms with Crippen LogP contribution < -0.4 is 5.56 Å². The molecule has 13 heavy (non-hydrogen) atoms. The van der Waals surface area contributed by atoms with Crippen molar-refractivity contribution in [2.75, 3.05) is 0 Å². The van der Waals surface area contributed by atoms with E-state index in [0.717, 1.165) is 18.3 Å². The molecule has 0 amide bonds. The maximum absolute atomic E-state index is 10.8. The van der Waals surface area contributed by atoms with E-state index in [9.17, 15) is 14.4 Å². The summed E-state index contributed by atoms with van der Waals surface area (Å²) in [6.07, 6.45) is -0.749. The topological polar surface area (TPSA) is 96.6 Å². The van der Waals surface area contributed by atoms with Crippen molar-refractivity contribution in [2.24, 2.45) is 0 Å². The van der Waals surface area contributed by atoms with Gasteiger partial charge in [0.15, 0.2) is 0 Å². The van der Waals surface area contributed by atoms with Gasteiger partial charge in [-0.1, -0.05) is 0 Å². The maximum Gasteiger partial charge on any atom is 0.418 e. The van der Waals surface area contributed by atoms with E-state index >= 15 is 0 Å². The SMILES string of the molecule is O=C(O)c1ccc(=O)n(C(=O)O)c1.